The Hall–Kier alpha value is -2.17. The van der Waals surface area contributed by atoms with Crippen molar-refractivity contribution < 1.29 is 4.79 Å². The summed E-state index contributed by atoms with van der Waals surface area (Å²) in [6.45, 7) is 9.68. The number of rotatable bonds is 5. The van der Waals surface area contributed by atoms with Crippen LogP contribution in [0.25, 0.3) is 0 Å². The zero-order valence-corrected chi connectivity index (χ0v) is 11.7. The van der Waals surface area contributed by atoms with Crippen molar-refractivity contribution in [1.82, 2.24) is 20.1 Å². The third-order valence-electron chi connectivity index (χ3n) is 3.48. The maximum Gasteiger partial charge on any atom is 0.291 e. The van der Waals surface area contributed by atoms with Gasteiger partial charge in [-0.2, -0.15) is 5.10 Å². The summed E-state index contributed by atoms with van der Waals surface area (Å²) in [5, 5.41) is 6.40. The summed E-state index contributed by atoms with van der Waals surface area (Å²) in [4.78, 5) is 18.5. The highest BCUT2D eigenvalue weighted by molar-refractivity contribution is 5.91. The van der Waals surface area contributed by atoms with Crippen LogP contribution in [0, 0.1) is 0 Å². The molecule has 1 N–H and O–H groups in total. The molecule has 0 bridgehead atoms. The first kappa shape index (κ1) is 14.2. The number of carbonyl (C=O) groups is 1. The van der Waals surface area contributed by atoms with Gasteiger partial charge in [-0.1, -0.05) is 23.8 Å². The van der Waals surface area contributed by atoms with Gasteiger partial charge in [0.15, 0.2) is 0 Å². The molecule has 0 saturated heterocycles. The monoisotopic (exact) mass is 272 g/mol. The molecule has 1 amide bonds. The van der Waals surface area contributed by atoms with Crippen molar-refractivity contribution in [3.63, 3.8) is 0 Å². The summed E-state index contributed by atoms with van der Waals surface area (Å²) in [6.07, 6.45) is 9.53. The van der Waals surface area contributed by atoms with Gasteiger partial charge in [-0.05, 0) is 26.2 Å². The molecule has 106 valence electrons. The predicted octanol–water partition coefficient (Wildman–Crippen LogP) is 2.49. The van der Waals surface area contributed by atoms with Crippen LogP contribution < -0.4 is 0 Å². The Balaban J connectivity index is 2.33. The molecular weight excluding hydrogens is 252 g/mol. The molecule has 1 aliphatic heterocycles. The summed E-state index contributed by atoms with van der Waals surface area (Å²) in [5.41, 5.74) is 1.30. The Morgan fingerprint density at radius 2 is 2.25 bits per heavy atom. The van der Waals surface area contributed by atoms with E-state index in [9.17, 15) is 4.79 Å². The number of H-pyrrole nitrogens is 1. The van der Waals surface area contributed by atoms with Gasteiger partial charge in [-0.25, -0.2) is 4.98 Å². The summed E-state index contributed by atoms with van der Waals surface area (Å²) in [5.74, 6) is 0.158. The van der Waals surface area contributed by atoms with Crippen LogP contribution in [0.3, 0.4) is 0 Å². The second kappa shape index (κ2) is 6.32. The van der Waals surface area contributed by atoms with Crippen LogP contribution >= 0.6 is 0 Å². The highest BCUT2D eigenvalue weighted by Crippen LogP contribution is 2.27. The molecule has 0 fully saturated rings. The number of carbonyl (C=O) groups excluding carboxylic acids is 1. The normalized spacial score (nSPS) is 22.2. The number of nitrogens with one attached hydrogen (secondary N) is 1. The molecule has 2 atom stereocenters. The first-order valence-electron chi connectivity index (χ1n) is 6.74. The van der Waals surface area contributed by atoms with E-state index in [4.69, 9.17) is 0 Å². The second-order valence-electron chi connectivity index (χ2n) is 5.03. The Kier molecular flexibility index (Phi) is 4.50. The summed E-state index contributed by atoms with van der Waals surface area (Å²) in [6, 6.07) is 0.129. The van der Waals surface area contributed by atoms with E-state index in [-0.39, 0.29) is 23.8 Å². The van der Waals surface area contributed by atoms with E-state index in [1.807, 2.05) is 17.1 Å². The zero-order valence-electron chi connectivity index (χ0n) is 11.7. The molecule has 0 unspecified atom stereocenters. The molecule has 1 aromatic rings. The van der Waals surface area contributed by atoms with Crippen LogP contribution in [0.2, 0.25) is 0 Å². The Bertz CT molecular complexity index is 518. The van der Waals surface area contributed by atoms with Gasteiger partial charge in [-0.3, -0.25) is 9.89 Å². The molecule has 0 saturated carbocycles. The smallest absolute Gasteiger partial charge is 0.291 e. The first-order valence-corrected chi connectivity index (χ1v) is 6.74. The lowest BCUT2D eigenvalue weighted by atomic mass is 9.92. The van der Waals surface area contributed by atoms with Gasteiger partial charge < -0.3 is 4.90 Å². The minimum absolute atomic E-state index is 0.0174. The third-order valence-corrected chi connectivity index (χ3v) is 3.48. The number of hydrogen-bond acceptors (Lipinski definition) is 3. The Labute approximate surface area is 119 Å². The molecule has 2 heterocycles. The van der Waals surface area contributed by atoms with Gasteiger partial charge >= 0.3 is 0 Å². The SMILES string of the molecule is C=CC[C@@H]1CC(C)=C[C@@H](CC=C)N1C(=O)c1ncn[nH]1. The predicted molar refractivity (Wildman–Crippen MR) is 78.1 cm³/mol. The second-order valence-corrected chi connectivity index (χ2v) is 5.03. The molecule has 5 nitrogen and oxygen atoms in total. The number of nitrogens with zero attached hydrogens (tertiary/aromatic N) is 3. The van der Waals surface area contributed by atoms with Gasteiger partial charge in [0.25, 0.3) is 5.91 Å². The van der Waals surface area contributed by atoms with Crippen molar-refractivity contribution in [1.29, 1.82) is 0 Å². The van der Waals surface area contributed by atoms with E-state index in [0.717, 1.165) is 19.3 Å². The van der Waals surface area contributed by atoms with Crippen LogP contribution in [0.1, 0.15) is 36.8 Å². The highest BCUT2D eigenvalue weighted by Gasteiger charge is 2.33. The van der Waals surface area contributed by atoms with E-state index in [1.165, 1.54) is 11.9 Å². The van der Waals surface area contributed by atoms with Crippen LogP contribution in [0.4, 0.5) is 0 Å². The van der Waals surface area contributed by atoms with E-state index < -0.39 is 0 Å². The average molecular weight is 272 g/mol. The molecular formula is C15H20N4O. The standard InChI is InChI=1S/C15H20N4O/c1-4-6-12-8-11(3)9-13(7-5-2)19(12)15(20)14-16-10-17-18-14/h4-5,8,10,12-13H,1-2,6-7,9H2,3H3,(H,16,17,18)/t12-,13-/m1/s1. The lowest BCUT2D eigenvalue weighted by molar-refractivity contribution is 0.0589. The lowest BCUT2D eigenvalue weighted by Crippen LogP contribution is -2.49. The van der Waals surface area contributed by atoms with Crippen molar-refractivity contribution in [2.45, 2.75) is 38.3 Å². The maximum absolute atomic E-state index is 12.6. The largest absolute Gasteiger partial charge is 0.326 e. The van der Waals surface area contributed by atoms with Crippen LogP contribution in [0.5, 0.6) is 0 Å². The number of hydrogen-bond donors (Lipinski definition) is 1. The van der Waals surface area contributed by atoms with Crippen molar-refractivity contribution in [3.8, 4) is 0 Å². The van der Waals surface area contributed by atoms with Crippen LogP contribution in [0.15, 0.2) is 43.3 Å². The van der Waals surface area contributed by atoms with Gasteiger partial charge in [0.05, 0.1) is 6.04 Å². The van der Waals surface area contributed by atoms with Gasteiger partial charge in [0, 0.05) is 6.04 Å². The Morgan fingerprint density at radius 1 is 1.50 bits per heavy atom. The summed E-state index contributed by atoms with van der Waals surface area (Å²) in [7, 11) is 0. The summed E-state index contributed by atoms with van der Waals surface area (Å²) >= 11 is 0. The van der Waals surface area contributed by atoms with E-state index >= 15 is 0 Å². The fraction of sp³-hybridized carbons (Fsp3) is 0.400. The fourth-order valence-electron chi connectivity index (χ4n) is 2.71. The molecule has 5 heteroatoms. The molecule has 0 aromatic carbocycles. The van der Waals surface area contributed by atoms with Gasteiger partial charge in [0.2, 0.25) is 5.82 Å². The molecule has 2 rings (SSSR count). The van der Waals surface area contributed by atoms with Crippen molar-refractivity contribution in [2.75, 3.05) is 0 Å². The minimum atomic E-state index is -0.120. The van der Waals surface area contributed by atoms with Gasteiger partial charge in [0.1, 0.15) is 6.33 Å². The number of amides is 1. The molecule has 20 heavy (non-hydrogen) atoms. The molecule has 1 aliphatic rings. The third kappa shape index (κ3) is 2.87. The molecule has 1 aromatic heterocycles. The minimum Gasteiger partial charge on any atom is -0.326 e. The quantitative estimate of drug-likeness (QED) is 0.838. The van der Waals surface area contributed by atoms with Crippen LogP contribution in [-0.4, -0.2) is 38.1 Å². The Morgan fingerprint density at radius 3 is 2.85 bits per heavy atom. The van der Waals surface area contributed by atoms with Crippen molar-refractivity contribution in [2.24, 2.45) is 0 Å². The van der Waals surface area contributed by atoms with Crippen molar-refractivity contribution >= 4 is 5.91 Å². The molecule has 0 spiro atoms. The zero-order chi connectivity index (χ0) is 14.5. The maximum atomic E-state index is 12.6. The highest BCUT2D eigenvalue weighted by atomic mass is 16.2. The fourth-order valence-corrected chi connectivity index (χ4v) is 2.71. The van der Waals surface area contributed by atoms with Crippen LogP contribution in [-0.2, 0) is 0 Å². The first-order chi connectivity index (χ1) is 9.67. The van der Waals surface area contributed by atoms with E-state index in [0.29, 0.717) is 0 Å². The lowest BCUT2D eigenvalue weighted by Gasteiger charge is -2.39. The molecule has 0 radical (unpaired) electrons. The van der Waals surface area contributed by atoms with Crippen molar-refractivity contribution in [3.05, 3.63) is 49.1 Å². The topological polar surface area (TPSA) is 61.9 Å². The molecule has 0 aliphatic carbocycles. The summed E-state index contributed by atoms with van der Waals surface area (Å²) < 4.78 is 0. The van der Waals surface area contributed by atoms with Gasteiger partial charge in [-0.15, -0.1) is 13.2 Å². The van der Waals surface area contributed by atoms with E-state index in [2.05, 4.69) is 41.3 Å². The number of aromatic nitrogens is 3. The van der Waals surface area contributed by atoms with E-state index in [1.54, 1.807) is 0 Å². The average Bonchev–Trinajstić information content (AvgIpc) is 2.92. The number of aromatic amines is 1.